The molecule has 0 aromatic heterocycles. The van der Waals surface area contributed by atoms with E-state index >= 15 is 0 Å². The lowest BCUT2D eigenvalue weighted by Gasteiger charge is -2.38. The lowest BCUT2D eigenvalue weighted by molar-refractivity contribution is 0.0125. The number of rotatable bonds is 9. The first-order chi connectivity index (χ1) is 12.7. The number of likely N-dealkylation sites (N-methyl/N-ethyl adjacent to an activating group) is 1. The maximum Gasteiger partial charge on any atom is 0.411 e. The number of unbranched alkanes of at least 4 members (excludes halogenated alkanes) is 1. The molecule has 0 aliphatic heterocycles. The topological polar surface area (TPSA) is 50.8 Å². The van der Waals surface area contributed by atoms with Gasteiger partial charge in [-0.1, -0.05) is 39.7 Å². The normalized spacial score (nSPS) is 19.3. The number of benzene rings is 1. The molecule has 1 saturated carbocycles. The summed E-state index contributed by atoms with van der Waals surface area (Å²) in [6, 6.07) is 7.82. The molecule has 0 radical (unpaired) electrons. The van der Waals surface area contributed by atoms with Crippen LogP contribution in [0.5, 0.6) is 5.75 Å². The summed E-state index contributed by atoms with van der Waals surface area (Å²) >= 11 is 0. The van der Waals surface area contributed by atoms with Crippen LogP contribution >= 0.6 is 12.4 Å². The minimum absolute atomic E-state index is 0. The number of nitrogens with zero attached hydrogens (tertiary/aromatic N) is 1. The van der Waals surface area contributed by atoms with E-state index < -0.39 is 0 Å². The molecule has 1 aromatic rings. The molecule has 0 saturated heterocycles. The lowest BCUT2D eigenvalue weighted by atomic mass is 9.91. The van der Waals surface area contributed by atoms with Crippen molar-refractivity contribution in [2.24, 2.45) is 0 Å². The van der Waals surface area contributed by atoms with Crippen molar-refractivity contribution in [3.8, 4) is 5.75 Å². The number of carbonyl (C=O) groups excluding carboxylic acids is 1. The molecule has 2 unspecified atom stereocenters. The van der Waals surface area contributed by atoms with Crippen molar-refractivity contribution in [2.45, 2.75) is 71.4 Å². The molecule has 2 atom stereocenters. The highest BCUT2D eigenvalue weighted by Gasteiger charge is 2.31. The molecule has 1 fully saturated rings. The number of carbonyl (C=O) groups is 1. The summed E-state index contributed by atoms with van der Waals surface area (Å²) < 4.78 is 11.5. The van der Waals surface area contributed by atoms with Crippen LogP contribution in [0.15, 0.2) is 24.3 Å². The van der Waals surface area contributed by atoms with Crippen LogP contribution in [0.3, 0.4) is 0 Å². The van der Waals surface area contributed by atoms with Gasteiger partial charge in [-0.3, -0.25) is 10.2 Å². The van der Waals surface area contributed by atoms with Gasteiger partial charge in [0.15, 0.2) is 0 Å². The van der Waals surface area contributed by atoms with Crippen LogP contribution in [0.25, 0.3) is 0 Å². The number of hydrogen-bond acceptors (Lipinski definition) is 4. The van der Waals surface area contributed by atoms with Gasteiger partial charge >= 0.3 is 6.09 Å². The van der Waals surface area contributed by atoms with Crippen LogP contribution in [0, 0.1) is 0 Å². The largest absolute Gasteiger partial charge is 0.494 e. The molecule has 1 N–H and O–H groups in total. The van der Waals surface area contributed by atoms with Crippen LogP contribution < -0.4 is 10.1 Å². The highest BCUT2D eigenvalue weighted by Crippen LogP contribution is 2.26. The first kappa shape index (κ1) is 23.6. The van der Waals surface area contributed by atoms with Gasteiger partial charge in [0.1, 0.15) is 11.9 Å². The van der Waals surface area contributed by atoms with Crippen LogP contribution in [0.4, 0.5) is 10.5 Å². The average Bonchev–Trinajstić information content (AvgIpc) is 2.64. The third-order valence-electron chi connectivity index (χ3n) is 5.05. The SMILES string of the molecule is CCCCOc1cccc(NC(=O)OC2CCCCC2N(CC)CC)c1.Cl. The van der Waals surface area contributed by atoms with Crippen LogP contribution in [0.2, 0.25) is 0 Å². The van der Waals surface area contributed by atoms with Gasteiger partial charge in [-0.05, 0) is 50.9 Å². The molecule has 1 aliphatic carbocycles. The summed E-state index contributed by atoms with van der Waals surface area (Å²) in [4.78, 5) is 14.8. The van der Waals surface area contributed by atoms with Crippen molar-refractivity contribution < 1.29 is 14.3 Å². The highest BCUT2D eigenvalue weighted by molar-refractivity contribution is 5.85. The summed E-state index contributed by atoms with van der Waals surface area (Å²) in [6.45, 7) is 9.13. The number of nitrogens with one attached hydrogen (secondary N) is 1. The molecule has 2 rings (SSSR count). The smallest absolute Gasteiger partial charge is 0.411 e. The van der Waals surface area contributed by atoms with Gasteiger partial charge in [0.05, 0.1) is 6.61 Å². The zero-order valence-electron chi connectivity index (χ0n) is 16.9. The Labute approximate surface area is 170 Å². The fraction of sp³-hybridized carbons (Fsp3) is 0.667. The molecule has 0 heterocycles. The van der Waals surface area contributed by atoms with Gasteiger partial charge in [-0.25, -0.2) is 4.79 Å². The van der Waals surface area contributed by atoms with Gasteiger partial charge in [0.2, 0.25) is 0 Å². The van der Waals surface area contributed by atoms with Crippen molar-refractivity contribution in [3.05, 3.63) is 24.3 Å². The van der Waals surface area contributed by atoms with Gasteiger partial charge in [0.25, 0.3) is 0 Å². The van der Waals surface area contributed by atoms with Crippen molar-refractivity contribution in [1.29, 1.82) is 0 Å². The van der Waals surface area contributed by atoms with E-state index in [1.54, 1.807) is 0 Å². The molecule has 5 nitrogen and oxygen atoms in total. The fourth-order valence-corrected chi connectivity index (χ4v) is 3.61. The minimum Gasteiger partial charge on any atom is -0.494 e. The second-order valence-corrected chi connectivity index (χ2v) is 6.87. The highest BCUT2D eigenvalue weighted by atomic mass is 35.5. The first-order valence-corrected chi connectivity index (χ1v) is 10.1. The van der Waals surface area contributed by atoms with E-state index in [-0.39, 0.29) is 24.6 Å². The molecule has 6 heteroatoms. The Bertz CT molecular complexity index is 552. The first-order valence-electron chi connectivity index (χ1n) is 10.1. The summed E-state index contributed by atoms with van der Waals surface area (Å²) in [7, 11) is 0. The Morgan fingerprint density at radius 2 is 1.93 bits per heavy atom. The third kappa shape index (κ3) is 7.59. The van der Waals surface area contributed by atoms with Crippen molar-refractivity contribution in [1.82, 2.24) is 4.90 Å². The fourth-order valence-electron chi connectivity index (χ4n) is 3.61. The Balaban J connectivity index is 0.00000364. The Morgan fingerprint density at radius 3 is 2.63 bits per heavy atom. The molecular weight excluding hydrogens is 364 g/mol. The molecule has 0 bridgehead atoms. The number of hydrogen-bond donors (Lipinski definition) is 1. The zero-order chi connectivity index (χ0) is 18.8. The van der Waals surface area contributed by atoms with E-state index in [2.05, 4.69) is 31.0 Å². The minimum atomic E-state index is -0.375. The van der Waals surface area contributed by atoms with E-state index in [9.17, 15) is 4.79 Å². The summed E-state index contributed by atoms with van der Waals surface area (Å²) in [5.74, 6) is 0.773. The van der Waals surface area contributed by atoms with Crippen molar-refractivity contribution >= 4 is 24.2 Å². The van der Waals surface area contributed by atoms with E-state index in [1.807, 2.05) is 24.3 Å². The molecule has 0 spiro atoms. The summed E-state index contributed by atoms with van der Waals surface area (Å²) in [6.07, 6.45) is 6.08. The van der Waals surface area contributed by atoms with Crippen molar-refractivity contribution in [3.63, 3.8) is 0 Å². The molecule has 1 amide bonds. The predicted molar refractivity (Wildman–Crippen MR) is 113 cm³/mol. The Hall–Kier alpha value is -1.46. The van der Waals surface area contributed by atoms with Gasteiger partial charge in [0, 0.05) is 17.8 Å². The van der Waals surface area contributed by atoms with E-state index in [1.165, 1.54) is 6.42 Å². The summed E-state index contributed by atoms with van der Waals surface area (Å²) in [5.41, 5.74) is 0.708. The lowest BCUT2D eigenvalue weighted by Crippen LogP contribution is -2.47. The quantitative estimate of drug-likeness (QED) is 0.559. The van der Waals surface area contributed by atoms with Gasteiger partial charge < -0.3 is 9.47 Å². The van der Waals surface area contributed by atoms with E-state index in [0.717, 1.165) is 50.9 Å². The van der Waals surface area contributed by atoms with E-state index in [4.69, 9.17) is 9.47 Å². The molecule has 154 valence electrons. The second-order valence-electron chi connectivity index (χ2n) is 6.87. The Kier molecular flexibility index (Phi) is 11.2. The second kappa shape index (κ2) is 12.8. The van der Waals surface area contributed by atoms with Crippen molar-refractivity contribution in [2.75, 3.05) is 25.0 Å². The zero-order valence-corrected chi connectivity index (χ0v) is 17.7. The van der Waals surface area contributed by atoms with Gasteiger partial charge in [-0.2, -0.15) is 0 Å². The maximum absolute atomic E-state index is 12.4. The van der Waals surface area contributed by atoms with Crippen LogP contribution in [0.1, 0.15) is 59.3 Å². The molecule has 1 aliphatic rings. The van der Waals surface area contributed by atoms with Crippen LogP contribution in [-0.2, 0) is 4.74 Å². The number of ether oxygens (including phenoxy) is 2. The van der Waals surface area contributed by atoms with Gasteiger partial charge in [-0.15, -0.1) is 12.4 Å². The van der Waals surface area contributed by atoms with E-state index in [0.29, 0.717) is 18.3 Å². The standard InChI is InChI=1S/C21H34N2O3.ClH/c1-4-7-15-25-18-12-10-11-17(16-18)22-21(24)26-20-14-9-8-13-19(20)23(5-2)6-3;/h10-12,16,19-20H,4-9,13-15H2,1-3H3,(H,22,24);1H. The maximum atomic E-state index is 12.4. The predicted octanol–water partition coefficient (Wildman–Crippen LogP) is 5.49. The number of halogens is 1. The van der Waals surface area contributed by atoms with Crippen LogP contribution in [-0.4, -0.2) is 42.8 Å². The molecule has 1 aromatic carbocycles. The monoisotopic (exact) mass is 398 g/mol. The number of amides is 1. The Morgan fingerprint density at radius 1 is 1.19 bits per heavy atom. The average molecular weight is 399 g/mol. The molecule has 27 heavy (non-hydrogen) atoms. The molecular formula is C21H35ClN2O3. The summed E-state index contributed by atoms with van der Waals surface area (Å²) in [5, 5.41) is 2.86. The number of anilines is 1. The third-order valence-corrected chi connectivity index (χ3v) is 5.05.